The summed E-state index contributed by atoms with van der Waals surface area (Å²) in [5, 5.41) is 17.7. The third kappa shape index (κ3) is 2.75. The Hall–Kier alpha value is -0.160. The molecule has 11 heavy (non-hydrogen) atoms. The minimum atomic E-state index is -0.323. The lowest BCUT2D eigenvalue weighted by molar-refractivity contribution is 0.0456. The van der Waals surface area contributed by atoms with E-state index in [1.807, 2.05) is 4.90 Å². The summed E-state index contributed by atoms with van der Waals surface area (Å²) in [5.74, 6) is 0. The number of nitrogens with zero attached hydrogens (tertiary/aromatic N) is 1. The maximum atomic E-state index is 9.01. The van der Waals surface area contributed by atoms with Crippen LogP contribution in [0.5, 0.6) is 0 Å². The van der Waals surface area contributed by atoms with E-state index in [0.717, 1.165) is 6.54 Å². The molecule has 0 saturated carbocycles. The van der Waals surface area contributed by atoms with Gasteiger partial charge >= 0.3 is 0 Å². The summed E-state index contributed by atoms with van der Waals surface area (Å²) >= 11 is 0. The minimum absolute atomic E-state index is 0.0613. The van der Waals surface area contributed by atoms with E-state index in [0.29, 0.717) is 13.3 Å². The topological polar surface area (TPSA) is 52.9 Å². The Labute approximate surface area is 66.4 Å². The van der Waals surface area contributed by atoms with E-state index in [1.54, 1.807) is 6.92 Å². The first-order valence-electron chi connectivity index (χ1n) is 3.85. The summed E-state index contributed by atoms with van der Waals surface area (Å²) in [6.07, 6.45) is -0.384. The lowest BCUT2D eigenvalue weighted by Gasteiger charge is -2.14. The van der Waals surface area contributed by atoms with Gasteiger partial charge in [0.2, 0.25) is 0 Å². The fourth-order valence-corrected chi connectivity index (χ4v) is 1.22. The predicted molar refractivity (Wildman–Crippen MR) is 40.1 cm³/mol. The Balaban J connectivity index is 2.19. The van der Waals surface area contributed by atoms with Gasteiger partial charge in [0, 0.05) is 13.1 Å². The van der Waals surface area contributed by atoms with Gasteiger partial charge in [-0.2, -0.15) is 0 Å². The number of hydrogen-bond acceptors (Lipinski definition) is 4. The second kappa shape index (κ2) is 4.01. The third-order valence-corrected chi connectivity index (χ3v) is 1.68. The molecule has 2 atom stereocenters. The summed E-state index contributed by atoms with van der Waals surface area (Å²) in [6, 6.07) is 0. The first-order chi connectivity index (χ1) is 5.22. The lowest BCUT2D eigenvalue weighted by atomic mass is 10.3. The van der Waals surface area contributed by atoms with Gasteiger partial charge in [0.25, 0.3) is 0 Å². The van der Waals surface area contributed by atoms with Crippen LogP contribution in [0.3, 0.4) is 0 Å². The molecule has 66 valence electrons. The number of aliphatic hydroxyl groups is 2. The second-order valence-corrected chi connectivity index (χ2v) is 2.99. The van der Waals surface area contributed by atoms with Gasteiger partial charge in [0.15, 0.2) is 0 Å². The molecule has 0 amide bonds. The summed E-state index contributed by atoms with van der Waals surface area (Å²) < 4.78 is 5.18. The van der Waals surface area contributed by atoms with Crippen molar-refractivity contribution in [2.24, 2.45) is 0 Å². The zero-order valence-electron chi connectivity index (χ0n) is 6.73. The van der Waals surface area contributed by atoms with Crippen molar-refractivity contribution < 1.29 is 14.9 Å². The molecule has 2 N–H and O–H groups in total. The molecule has 1 fully saturated rings. The van der Waals surface area contributed by atoms with Crippen LogP contribution < -0.4 is 0 Å². The molecular formula is C7H15NO3. The predicted octanol–water partition coefficient (Wildman–Crippen LogP) is -0.982. The fraction of sp³-hybridized carbons (Fsp3) is 1.00. The summed E-state index contributed by atoms with van der Waals surface area (Å²) in [6.45, 7) is 3.68. The van der Waals surface area contributed by atoms with E-state index in [9.17, 15) is 0 Å². The molecule has 0 spiro atoms. The highest BCUT2D eigenvalue weighted by Gasteiger charge is 2.22. The average molecular weight is 161 g/mol. The fourth-order valence-electron chi connectivity index (χ4n) is 1.22. The second-order valence-electron chi connectivity index (χ2n) is 2.99. The first kappa shape index (κ1) is 8.93. The number of rotatable bonds is 3. The molecular weight excluding hydrogens is 146 g/mol. The van der Waals surface area contributed by atoms with Gasteiger partial charge in [-0.25, -0.2) is 0 Å². The highest BCUT2D eigenvalue weighted by atomic mass is 16.5. The zero-order chi connectivity index (χ0) is 8.27. The first-order valence-corrected chi connectivity index (χ1v) is 3.85. The Morgan fingerprint density at radius 3 is 2.91 bits per heavy atom. The summed E-state index contributed by atoms with van der Waals surface area (Å²) in [5.41, 5.74) is 0. The standard InChI is InChI=1S/C7H15NO3/c1-6(10)2-8-3-7(4-9)11-5-8/h6-7,9-10H,2-5H2,1H3. The molecule has 1 saturated heterocycles. The highest BCUT2D eigenvalue weighted by molar-refractivity contribution is 4.70. The van der Waals surface area contributed by atoms with E-state index in [2.05, 4.69) is 0 Å². The Morgan fingerprint density at radius 1 is 1.73 bits per heavy atom. The van der Waals surface area contributed by atoms with Crippen molar-refractivity contribution in [1.29, 1.82) is 0 Å². The van der Waals surface area contributed by atoms with Crippen LogP contribution in [0.15, 0.2) is 0 Å². The lowest BCUT2D eigenvalue weighted by Crippen LogP contribution is -2.30. The van der Waals surface area contributed by atoms with Crippen molar-refractivity contribution in [2.75, 3.05) is 26.4 Å². The van der Waals surface area contributed by atoms with Gasteiger partial charge in [-0.05, 0) is 6.92 Å². The van der Waals surface area contributed by atoms with Crippen molar-refractivity contribution in [3.63, 3.8) is 0 Å². The molecule has 1 aliphatic heterocycles. The van der Waals surface area contributed by atoms with Gasteiger partial charge < -0.3 is 14.9 Å². The zero-order valence-corrected chi connectivity index (χ0v) is 6.73. The number of ether oxygens (including phenoxy) is 1. The van der Waals surface area contributed by atoms with Crippen molar-refractivity contribution >= 4 is 0 Å². The van der Waals surface area contributed by atoms with Crippen LogP contribution in [0.25, 0.3) is 0 Å². The SMILES string of the molecule is CC(O)CN1COC(CO)C1. The van der Waals surface area contributed by atoms with Crippen molar-refractivity contribution in [2.45, 2.75) is 19.1 Å². The molecule has 0 aromatic carbocycles. The van der Waals surface area contributed by atoms with Crippen molar-refractivity contribution in [3.05, 3.63) is 0 Å². The van der Waals surface area contributed by atoms with Gasteiger partial charge in [-0.15, -0.1) is 0 Å². The highest BCUT2D eigenvalue weighted by Crippen LogP contribution is 2.07. The Morgan fingerprint density at radius 2 is 2.45 bits per heavy atom. The van der Waals surface area contributed by atoms with Crippen LogP contribution in [0.4, 0.5) is 0 Å². The summed E-state index contributed by atoms with van der Waals surface area (Å²) in [4.78, 5) is 1.98. The monoisotopic (exact) mass is 161 g/mol. The van der Waals surface area contributed by atoms with E-state index >= 15 is 0 Å². The number of β-amino-alcohol motifs (C(OH)–C–C–N with tert-alkyl or cyclic N) is 1. The molecule has 2 unspecified atom stereocenters. The summed E-state index contributed by atoms with van der Waals surface area (Å²) in [7, 11) is 0. The molecule has 4 nitrogen and oxygen atoms in total. The van der Waals surface area contributed by atoms with Gasteiger partial charge in [0.05, 0.1) is 25.5 Å². The van der Waals surface area contributed by atoms with Crippen molar-refractivity contribution in [1.82, 2.24) is 4.90 Å². The van der Waals surface area contributed by atoms with E-state index in [-0.39, 0.29) is 18.8 Å². The molecule has 1 heterocycles. The van der Waals surface area contributed by atoms with Gasteiger partial charge in [-0.3, -0.25) is 4.90 Å². The quantitative estimate of drug-likeness (QED) is 0.558. The molecule has 0 bridgehead atoms. The smallest absolute Gasteiger partial charge is 0.0997 e. The molecule has 0 aromatic heterocycles. The van der Waals surface area contributed by atoms with Crippen LogP contribution in [-0.4, -0.2) is 53.7 Å². The third-order valence-electron chi connectivity index (χ3n) is 1.68. The van der Waals surface area contributed by atoms with E-state index in [4.69, 9.17) is 14.9 Å². The Kier molecular flexibility index (Phi) is 3.26. The van der Waals surface area contributed by atoms with Gasteiger partial charge in [0.1, 0.15) is 0 Å². The largest absolute Gasteiger partial charge is 0.394 e. The maximum absolute atomic E-state index is 9.01. The maximum Gasteiger partial charge on any atom is 0.0997 e. The molecule has 0 radical (unpaired) electrons. The molecule has 4 heteroatoms. The molecule has 0 aromatic rings. The van der Waals surface area contributed by atoms with Gasteiger partial charge in [-0.1, -0.05) is 0 Å². The molecule has 0 aliphatic carbocycles. The number of hydrogen-bond donors (Lipinski definition) is 2. The van der Waals surface area contributed by atoms with Crippen LogP contribution in [0.2, 0.25) is 0 Å². The minimum Gasteiger partial charge on any atom is -0.394 e. The van der Waals surface area contributed by atoms with Crippen LogP contribution >= 0.6 is 0 Å². The molecule has 1 aliphatic rings. The normalized spacial score (nSPS) is 29.2. The van der Waals surface area contributed by atoms with Crippen LogP contribution in [0, 0.1) is 0 Å². The number of aliphatic hydroxyl groups excluding tert-OH is 2. The van der Waals surface area contributed by atoms with E-state index in [1.165, 1.54) is 0 Å². The average Bonchev–Trinajstić information content (AvgIpc) is 2.34. The van der Waals surface area contributed by atoms with Crippen LogP contribution in [-0.2, 0) is 4.74 Å². The van der Waals surface area contributed by atoms with Crippen molar-refractivity contribution in [3.8, 4) is 0 Å². The van der Waals surface area contributed by atoms with E-state index < -0.39 is 0 Å². The Bertz CT molecular complexity index is 118. The van der Waals surface area contributed by atoms with Crippen LogP contribution in [0.1, 0.15) is 6.92 Å². The molecule has 1 rings (SSSR count).